The average molecular weight is 351 g/mol. The number of rotatable bonds is 5. The summed E-state index contributed by atoms with van der Waals surface area (Å²) in [5.74, 6) is -1.42. The van der Waals surface area contributed by atoms with Crippen LogP contribution in [0, 0.1) is 11.3 Å². The minimum Gasteiger partial charge on any atom is -0.478 e. The molecule has 114 valence electrons. The van der Waals surface area contributed by atoms with Crippen LogP contribution in [0.15, 0.2) is 17.0 Å². The van der Waals surface area contributed by atoms with E-state index in [-0.39, 0.29) is 16.3 Å². The summed E-state index contributed by atoms with van der Waals surface area (Å²) in [5.41, 5.74) is -0.472. The van der Waals surface area contributed by atoms with Crippen molar-refractivity contribution >= 4 is 39.2 Å². The van der Waals surface area contributed by atoms with Gasteiger partial charge in [-0.1, -0.05) is 23.2 Å². The third kappa shape index (κ3) is 3.47. The van der Waals surface area contributed by atoms with Crippen LogP contribution in [0.1, 0.15) is 23.7 Å². The first kappa shape index (κ1) is 17.7. The summed E-state index contributed by atoms with van der Waals surface area (Å²) < 4.78 is 25.9. The van der Waals surface area contributed by atoms with Gasteiger partial charge in [-0.15, -0.1) is 0 Å². The van der Waals surface area contributed by atoms with Gasteiger partial charge in [0.05, 0.1) is 28.1 Å². The zero-order valence-corrected chi connectivity index (χ0v) is 13.5. The SMILES string of the molecule is CC(CC#N)N(C)S(=O)(=O)c1ccc(Cl)c(C(=O)O)c1Cl. The molecule has 9 heteroatoms. The van der Waals surface area contributed by atoms with E-state index in [1.165, 1.54) is 7.05 Å². The van der Waals surface area contributed by atoms with Crippen LogP contribution in [0.5, 0.6) is 0 Å². The number of nitriles is 1. The number of carbonyl (C=O) groups is 1. The van der Waals surface area contributed by atoms with Gasteiger partial charge in [0.15, 0.2) is 0 Å². The molecule has 1 aromatic rings. The molecule has 0 aromatic heterocycles. The van der Waals surface area contributed by atoms with Gasteiger partial charge >= 0.3 is 5.97 Å². The molecule has 1 unspecified atom stereocenters. The standard InChI is InChI=1S/C12H12Cl2N2O4S/c1-7(5-6-15)16(2)21(19,20)9-4-3-8(13)10(11(9)14)12(17)18/h3-4,7H,5H2,1-2H3,(H,17,18). The van der Waals surface area contributed by atoms with E-state index < -0.39 is 32.6 Å². The maximum absolute atomic E-state index is 12.5. The molecule has 1 atom stereocenters. The molecule has 21 heavy (non-hydrogen) atoms. The number of hydrogen-bond acceptors (Lipinski definition) is 4. The lowest BCUT2D eigenvalue weighted by Gasteiger charge is -2.23. The highest BCUT2D eigenvalue weighted by Gasteiger charge is 2.30. The molecule has 0 heterocycles. The quantitative estimate of drug-likeness (QED) is 0.879. The van der Waals surface area contributed by atoms with Crippen molar-refractivity contribution in [1.29, 1.82) is 5.26 Å². The van der Waals surface area contributed by atoms with E-state index in [1.54, 1.807) is 6.92 Å². The first-order chi connectivity index (χ1) is 9.64. The molecule has 0 saturated carbocycles. The van der Waals surface area contributed by atoms with Crippen molar-refractivity contribution in [3.8, 4) is 6.07 Å². The Hall–Kier alpha value is -1.33. The van der Waals surface area contributed by atoms with Crippen molar-refractivity contribution in [2.45, 2.75) is 24.3 Å². The summed E-state index contributed by atoms with van der Waals surface area (Å²) in [5, 5.41) is 17.1. The second-order valence-electron chi connectivity index (χ2n) is 4.27. The number of carboxylic acid groups (broad SMARTS) is 1. The predicted molar refractivity (Wildman–Crippen MR) is 78.1 cm³/mol. The molecule has 0 aliphatic heterocycles. The molecule has 0 fully saturated rings. The normalized spacial score (nSPS) is 13.0. The Morgan fingerprint density at radius 1 is 1.48 bits per heavy atom. The van der Waals surface area contributed by atoms with Crippen LogP contribution in [0.25, 0.3) is 0 Å². The Kier molecular flexibility index (Phi) is 5.59. The Bertz CT molecular complexity index is 713. The van der Waals surface area contributed by atoms with E-state index in [1.807, 2.05) is 6.07 Å². The van der Waals surface area contributed by atoms with Crippen LogP contribution >= 0.6 is 23.2 Å². The maximum atomic E-state index is 12.5. The summed E-state index contributed by atoms with van der Waals surface area (Å²) in [4.78, 5) is 10.7. The Morgan fingerprint density at radius 2 is 2.05 bits per heavy atom. The minimum atomic E-state index is -4.04. The van der Waals surface area contributed by atoms with Crippen molar-refractivity contribution in [3.63, 3.8) is 0 Å². The minimum absolute atomic E-state index is 0.00722. The van der Waals surface area contributed by atoms with Crippen LogP contribution in [0.2, 0.25) is 10.0 Å². The smallest absolute Gasteiger partial charge is 0.338 e. The number of aromatic carboxylic acids is 1. The molecule has 0 aliphatic carbocycles. The third-order valence-corrected chi connectivity index (χ3v) is 5.77. The first-order valence-corrected chi connectivity index (χ1v) is 7.90. The fraction of sp³-hybridized carbons (Fsp3) is 0.333. The number of hydrogen-bond donors (Lipinski definition) is 1. The molecule has 1 rings (SSSR count). The molecule has 0 amide bonds. The molecule has 0 spiro atoms. The largest absolute Gasteiger partial charge is 0.478 e. The number of sulfonamides is 1. The molecule has 1 aromatic carbocycles. The Labute approximate surface area is 132 Å². The molecule has 0 aliphatic rings. The van der Waals surface area contributed by atoms with Gasteiger partial charge in [0.1, 0.15) is 4.90 Å². The number of benzene rings is 1. The van der Waals surface area contributed by atoms with Crippen molar-refractivity contribution in [2.24, 2.45) is 0 Å². The van der Waals surface area contributed by atoms with Gasteiger partial charge < -0.3 is 5.11 Å². The molecule has 6 nitrogen and oxygen atoms in total. The molecule has 0 bridgehead atoms. The van der Waals surface area contributed by atoms with Gasteiger partial charge in [-0.25, -0.2) is 13.2 Å². The van der Waals surface area contributed by atoms with Crippen LogP contribution in [0.4, 0.5) is 0 Å². The Morgan fingerprint density at radius 3 is 2.52 bits per heavy atom. The summed E-state index contributed by atoms with van der Waals surface area (Å²) in [6.07, 6.45) is -0.00722. The van der Waals surface area contributed by atoms with Gasteiger partial charge in [0, 0.05) is 13.1 Å². The molecular weight excluding hydrogens is 339 g/mol. The van der Waals surface area contributed by atoms with E-state index in [2.05, 4.69) is 0 Å². The van der Waals surface area contributed by atoms with Gasteiger partial charge in [0.2, 0.25) is 10.0 Å². The topological polar surface area (TPSA) is 98.5 Å². The second-order valence-corrected chi connectivity index (χ2v) is 7.02. The summed E-state index contributed by atoms with van der Waals surface area (Å²) >= 11 is 11.6. The molecule has 0 saturated heterocycles. The summed E-state index contributed by atoms with van der Waals surface area (Å²) in [6.45, 7) is 1.56. The first-order valence-electron chi connectivity index (χ1n) is 5.70. The van der Waals surface area contributed by atoms with Crippen molar-refractivity contribution < 1.29 is 18.3 Å². The molecular formula is C12H12Cl2N2O4S. The number of nitrogens with zero attached hydrogens (tertiary/aromatic N) is 2. The highest BCUT2D eigenvalue weighted by molar-refractivity contribution is 7.89. The van der Waals surface area contributed by atoms with Crippen molar-refractivity contribution in [2.75, 3.05) is 7.05 Å². The highest BCUT2D eigenvalue weighted by Crippen LogP contribution is 2.33. The van der Waals surface area contributed by atoms with E-state index >= 15 is 0 Å². The zero-order chi connectivity index (χ0) is 16.4. The predicted octanol–water partition coefficient (Wildman–Crippen LogP) is 2.61. The summed E-state index contributed by atoms with van der Waals surface area (Å²) in [7, 11) is -2.74. The van der Waals surface area contributed by atoms with E-state index in [0.29, 0.717) is 0 Å². The number of halogens is 2. The van der Waals surface area contributed by atoms with E-state index in [4.69, 9.17) is 33.6 Å². The molecule has 0 radical (unpaired) electrons. The van der Waals surface area contributed by atoms with Crippen LogP contribution in [-0.4, -0.2) is 36.9 Å². The zero-order valence-electron chi connectivity index (χ0n) is 11.2. The second kappa shape index (κ2) is 6.62. The fourth-order valence-electron chi connectivity index (χ4n) is 1.58. The van der Waals surface area contributed by atoms with Gasteiger partial charge in [-0.05, 0) is 19.1 Å². The lowest BCUT2D eigenvalue weighted by molar-refractivity contribution is 0.0697. The van der Waals surface area contributed by atoms with Crippen molar-refractivity contribution in [1.82, 2.24) is 4.31 Å². The monoisotopic (exact) mass is 350 g/mol. The van der Waals surface area contributed by atoms with E-state index in [9.17, 15) is 13.2 Å². The Balaban J connectivity index is 3.44. The van der Waals surface area contributed by atoms with Gasteiger partial charge in [0.25, 0.3) is 0 Å². The van der Waals surface area contributed by atoms with Gasteiger partial charge in [-0.3, -0.25) is 0 Å². The fourth-order valence-corrected chi connectivity index (χ4v) is 3.83. The summed E-state index contributed by atoms with van der Waals surface area (Å²) in [6, 6.07) is 3.59. The lowest BCUT2D eigenvalue weighted by atomic mass is 10.2. The third-order valence-electron chi connectivity index (χ3n) is 2.93. The highest BCUT2D eigenvalue weighted by atomic mass is 35.5. The van der Waals surface area contributed by atoms with Crippen LogP contribution in [0.3, 0.4) is 0 Å². The van der Waals surface area contributed by atoms with Gasteiger partial charge in [-0.2, -0.15) is 9.57 Å². The number of carboxylic acids is 1. The van der Waals surface area contributed by atoms with Crippen LogP contribution in [-0.2, 0) is 10.0 Å². The average Bonchev–Trinajstić information content (AvgIpc) is 2.37. The molecule has 1 N–H and O–H groups in total. The van der Waals surface area contributed by atoms with Crippen LogP contribution < -0.4 is 0 Å². The maximum Gasteiger partial charge on any atom is 0.338 e. The van der Waals surface area contributed by atoms with E-state index in [0.717, 1.165) is 16.4 Å². The van der Waals surface area contributed by atoms with Crippen molar-refractivity contribution in [3.05, 3.63) is 27.7 Å². The lowest BCUT2D eigenvalue weighted by Crippen LogP contribution is -2.35.